The van der Waals surface area contributed by atoms with Crippen LogP contribution in [0.2, 0.25) is 0 Å². The van der Waals surface area contributed by atoms with Crippen molar-refractivity contribution in [3.05, 3.63) is 10.4 Å². The molecule has 0 bridgehead atoms. The van der Waals surface area contributed by atoms with Gasteiger partial charge < -0.3 is 5.73 Å². The Morgan fingerprint density at radius 3 is 2.90 bits per heavy atom. The predicted molar refractivity (Wildman–Crippen MR) is 44.2 cm³/mol. The first-order valence-electron chi connectivity index (χ1n) is 2.41. The number of nitrogens with one attached hydrogen (secondary N) is 1. The molecule has 0 rings (SSSR count). The lowest BCUT2D eigenvalue weighted by atomic mass is 10.3. The number of hydrogen-bond acceptors (Lipinski definition) is 3. The van der Waals surface area contributed by atoms with Crippen LogP contribution in [0.3, 0.4) is 0 Å². The SMILES string of the molecule is [N-]=[N+]=NC(=O)[C@H](CN)NI. The first-order valence-corrected chi connectivity index (χ1v) is 3.49. The quantitative estimate of drug-likeness (QED) is 0.245. The summed E-state index contributed by atoms with van der Waals surface area (Å²) in [6, 6.07) is -0.573. The molecule has 10 heavy (non-hydrogen) atoms. The highest BCUT2D eigenvalue weighted by Crippen LogP contribution is 1.88. The van der Waals surface area contributed by atoms with Crippen LogP contribution in [0.4, 0.5) is 0 Å². The van der Waals surface area contributed by atoms with Gasteiger partial charge >= 0.3 is 0 Å². The van der Waals surface area contributed by atoms with Crippen molar-refractivity contribution in [3.8, 4) is 0 Å². The number of azide groups is 1. The molecule has 0 aliphatic heterocycles. The number of nitrogens with zero attached hydrogens (tertiary/aromatic N) is 3. The summed E-state index contributed by atoms with van der Waals surface area (Å²) in [5.41, 5.74) is 13.0. The molecule has 0 unspecified atom stereocenters. The molecular weight excluding hydrogens is 249 g/mol. The fourth-order valence-corrected chi connectivity index (χ4v) is 0.826. The Hall–Kier alpha value is -0.370. The van der Waals surface area contributed by atoms with Gasteiger partial charge in [0.15, 0.2) is 0 Å². The van der Waals surface area contributed by atoms with E-state index in [1.54, 1.807) is 22.9 Å². The van der Waals surface area contributed by atoms with Gasteiger partial charge in [-0.15, -0.1) is 0 Å². The molecule has 0 aromatic heterocycles. The van der Waals surface area contributed by atoms with Crippen LogP contribution in [-0.4, -0.2) is 18.5 Å². The molecular formula is C3H6IN5O. The highest BCUT2D eigenvalue weighted by Gasteiger charge is 2.11. The van der Waals surface area contributed by atoms with Crippen molar-refractivity contribution < 1.29 is 4.79 Å². The van der Waals surface area contributed by atoms with Gasteiger partial charge in [-0.25, -0.2) is 3.53 Å². The van der Waals surface area contributed by atoms with Gasteiger partial charge in [0.1, 0.15) is 0 Å². The fourth-order valence-electron chi connectivity index (χ4n) is 0.306. The molecule has 1 atom stereocenters. The summed E-state index contributed by atoms with van der Waals surface area (Å²) in [6.45, 7) is 0.126. The maximum atomic E-state index is 10.6. The lowest BCUT2D eigenvalue weighted by Gasteiger charge is -2.04. The fraction of sp³-hybridized carbons (Fsp3) is 0.667. The minimum atomic E-state index is -0.584. The molecule has 0 radical (unpaired) electrons. The van der Waals surface area contributed by atoms with E-state index in [-0.39, 0.29) is 6.54 Å². The van der Waals surface area contributed by atoms with Gasteiger partial charge in [0.2, 0.25) is 5.91 Å². The summed E-state index contributed by atoms with van der Waals surface area (Å²) in [7, 11) is 0. The Morgan fingerprint density at radius 1 is 2.00 bits per heavy atom. The van der Waals surface area contributed by atoms with Crippen LogP contribution < -0.4 is 9.26 Å². The smallest absolute Gasteiger partial charge is 0.237 e. The van der Waals surface area contributed by atoms with Crippen molar-refractivity contribution in [2.24, 2.45) is 10.8 Å². The molecule has 6 nitrogen and oxygen atoms in total. The van der Waals surface area contributed by atoms with E-state index in [0.29, 0.717) is 0 Å². The van der Waals surface area contributed by atoms with Crippen LogP contribution in [0, 0.1) is 0 Å². The zero-order valence-corrected chi connectivity index (χ0v) is 7.15. The highest BCUT2D eigenvalue weighted by molar-refractivity contribution is 14.1. The van der Waals surface area contributed by atoms with E-state index in [9.17, 15) is 4.79 Å². The van der Waals surface area contributed by atoms with Crippen molar-refractivity contribution in [2.75, 3.05) is 6.54 Å². The average Bonchev–Trinajstić information content (AvgIpc) is 1.91. The van der Waals surface area contributed by atoms with E-state index in [1.165, 1.54) is 0 Å². The van der Waals surface area contributed by atoms with Gasteiger partial charge in [0.25, 0.3) is 0 Å². The summed E-state index contributed by atoms with van der Waals surface area (Å²) in [5.74, 6) is -0.584. The third-order valence-electron chi connectivity index (χ3n) is 0.809. The number of carbonyl (C=O) groups is 1. The maximum Gasteiger partial charge on any atom is 0.237 e. The average molecular weight is 255 g/mol. The van der Waals surface area contributed by atoms with Crippen molar-refractivity contribution >= 4 is 28.8 Å². The second kappa shape index (κ2) is 5.42. The Labute approximate surface area is 71.3 Å². The van der Waals surface area contributed by atoms with Crippen LogP contribution in [0.1, 0.15) is 0 Å². The molecule has 7 heteroatoms. The van der Waals surface area contributed by atoms with E-state index in [4.69, 9.17) is 11.3 Å². The standard InChI is InChI=1S/C3H6IN5O/c4-7-2(1-5)3(10)8-9-6/h2,7H,1,5H2/t2-/m0/s1. The summed E-state index contributed by atoms with van der Waals surface area (Å²) < 4.78 is 2.57. The highest BCUT2D eigenvalue weighted by atomic mass is 127. The zero-order chi connectivity index (χ0) is 7.98. The third kappa shape index (κ3) is 2.97. The molecule has 0 fully saturated rings. The first-order chi connectivity index (χ1) is 4.76. The number of carbonyl (C=O) groups excluding carboxylic acids is 1. The van der Waals surface area contributed by atoms with Gasteiger partial charge in [0.05, 0.1) is 6.04 Å². The molecule has 0 aromatic rings. The first kappa shape index (κ1) is 9.63. The van der Waals surface area contributed by atoms with Crippen LogP contribution in [0.5, 0.6) is 0 Å². The van der Waals surface area contributed by atoms with E-state index < -0.39 is 11.9 Å². The normalized spacial score (nSPS) is 11.8. The predicted octanol–water partition coefficient (Wildman–Crippen LogP) is 0.0902. The topological polar surface area (TPSA) is 104 Å². The maximum absolute atomic E-state index is 10.6. The molecule has 0 spiro atoms. The van der Waals surface area contributed by atoms with Crippen molar-refractivity contribution in [1.82, 2.24) is 3.53 Å². The zero-order valence-electron chi connectivity index (χ0n) is 4.99. The van der Waals surface area contributed by atoms with E-state index >= 15 is 0 Å². The van der Waals surface area contributed by atoms with Crippen LogP contribution in [0.15, 0.2) is 5.11 Å². The lowest BCUT2D eigenvalue weighted by Crippen LogP contribution is -2.36. The molecule has 0 aliphatic carbocycles. The van der Waals surface area contributed by atoms with E-state index in [0.717, 1.165) is 0 Å². The molecule has 1 amide bonds. The van der Waals surface area contributed by atoms with Crippen LogP contribution >= 0.6 is 22.9 Å². The van der Waals surface area contributed by atoms with Crippen molar-refractivity contribution in [1.29, 1.82) is 0 Å². The van der Waals surface area contributed by atoms with Gasteiger partial charge in [-0.1, -0.05) is 0 Å². The van der Waals surface area contributed by atoms with E-state index in [1.807, 2.05) is 0 Å². The van der Waals surface area contributed by atoms with Crippen molar-refractivity contribution in [3.63, 3.8) is 0 Å². The van der Waals surface area contributed by atoms with Crippen LogP contribution in [-0.2, 0) is 4.79 Å². The Morgan fingerprint density at radius 2 is 2.60 bits per heavy atom. The summed E-state index contributed by atoms with van der Waals surface area (Å²) in [4.78, 5) is 13.0. The number of halogens is 1. The largest absolute Gasteiger partial charge is 0.328 e. The number of nitrogens with two attached hydrogens (primary N) is 1. The molecule has 0 saturated carbocycles. The minimum absolute atomic E-state index is 0.126. The minimum Gasteiger partial charge on any atom is -0.328 e. The second-order valence-corrected chi connectivity index (χ2v) is 2.05. The molecule has 0 saturated heterocycles. The number of amides is 1. The lowest BCUT2D eigenvalue weighted by molar-refractivity contribution is -0.119. The van der Waals surface area contributed by atoms with Gasteiger partial charge in [0, 0.05) is 34.3 Å². The van der Waals surface area contributed by atoms with Gasteiger partial charge in [-0.2, -0.15) is 0 Å². The summed E-state index contributed by atoms with van der Waals surface area (Å²) >= 11 is 1.77. The number of hydrogen-bond donors (Lipinski definition) is 2. The molecule has 0 heterocycles. The molecule has 0 aromatic carbocycles. The summed E-state index contributed by atoms with van der Waals surface area (Å²) in [5, 5.41) is 2.86. The molecule has 56 valence electrons. The third-order valence-corrected chi connectivity index (χ3v) is 1.56. The van der Waals surface area contributed by atoms with Gasteiger partial charge in [-0.05, 0) is 10.6 Å². The molecule has 0 aliphatic rings. The monoisotopic (exact) mass is 255 g/mol. The second-order valence-electron chi connectivity index (χ2n) is 1.43. The Kier molecular flexibility index (Phi) is 5.22. The molecule has 3 N–H and O–H groups in total. The Balaban J connectivity index is 4.01. The van der Waals surface area contributed by atoms with Gasteiger partial charge in [-0.3, -0.25) is 4.79 Å². The van der Waals surface area contributed by atoms with Crippen molar-refractivity contribution in [2.45, 2.75) is 6.04 Å². The van der Waals surface area contributed by atoms with E-state index in [2.05, 4.69) is 13.6 Å². The van der Waals surface area contributed by atoms with Crippen LogP contribution in [0.25, 0.3) is 10.4 Å². The Bertz CT molecular complexity index is 160. The number of rotatable bonds is 3. The summed E-state index contributed by atoms with van der Waals surface area (Å²) in [6.07, 6.45) is 0.